The molecule has 0 aromatic heterocycles. The molecule has 0 saturated carbocycles. The van der Waals surface area contributed by atoms with Crippen LogP contribution in [0.1, 0.15) is 25.3 Å². The van der Waals surface area contributed by atoms with E-state index in [2.05, 4.69) is 13.0 Å². The number of halogens is 3. The Balaban J connectivity index is 1.67. The van der Waals surface area contributed by atoms with E-state index < -0.39 is 11.6 Å². The average molecular weight is 390 g/mol. The summed E-state index contributed by atoms with van der Waals surface area (Å²) in [6.07, 6.45) is 3.25. The fourth-order valence-electron chi connectivity index (χ4n) is 3.62. The largest absolute Gasteiger partial charge is 0.206 e. The van der Waals surface area contributed by atoms with Gasteiger partial charge in [0.15, 0.2) is 11.6 Å². The Bertz CT molecular complexity index is 1160. The Morgan fingerprint density at radius 1 is 0.655 bits per heavy atom. The zero-order valence-corrected chi connectivity index (χ0v) is 16.2. The first-order chi connectivity index (χ1) is 14.1. The van der Waals surface area contributed by atoms with Crippen LogP contribution in [-0.2, 0) is 6.42 Å². The van der Waals surface area contributed by atoms with Crippen LogP contribution in [-0.4, -0.2) is 0 Å². The van der Waals surface area contributed by atoms with Gasteiger partial charge in [0.2, 0.25) is 0 Å². The molecule has 0 amide bonds. The minimum absolute atomic E-state index is 0.245. The maximum absolute atomic E-state index is 15.2. The summed E-state index contributed by atoms with van der Waals surface area (Å²) in [6.45, 7) is 2.16. The second kappa shape index (κ2) is 8.12. The number of fused-ring (bicyclic) bond motifs is 1. The smallest absolute Gasteiger partial charge is 0.159 e. The van der Waals surface area contributed by atoms with E-state index in [0.717, 1.165) is 47.9 Å². The Morgan fingerprint density at radius 2 is 1.38 bits per heavy atom. The van der Waals surface area contributed by atoms with Gasteiger partial charge in [0.25, 0.3) is 0 Å². The molecule has 3 heteroatoms. The fourth-order valence-corrected chi connectivity index (χ4v) is 3.62. The van der Waals surface area contributed by atoms with Gasteiger partial charge in [-0.15, -0.1) is 0 Å². The van der Waals surface area contributed by atoms with Crippen molar-refractivity contribution in [3.63, 3.8) is 0 Å². The minimum atomic E-state index is -0.884. The van der Waals surface area contributed by atoms with E-state index in [1.807, 2.05) is 18.2 Å². The first kappa shape index (κ1) is 19.3. The van der Waals surface area contributed by atoms with E-state index in [1.54, 1.807) is 30.3 Å². The lowest BCUT2D eigenvalue weighted by molar-refractivity contribution is 0.509. The molecule has 0 aliphatic carbocycles. The number of hydrogen-bond donors (Lipinski definition) is 0. The molecule has 0 spiro atoms. The zero-order chi connectivity index (χ0) is 20.4. The molecule has 0 heterocycles. The van der Waals surface area contributed by atoms with Crippen LogP contribution in [0.5, 0.6) is 0 Å². The fraction of sp³-hybridized carbons (Fsp3) is 0.154. The highest BCUT2D eigenvalue weighted by molar-refractivity contribution is 5.89. The summed E-state index contributed by atoms with van der Waals surface area (Å²) in [4.78, 5) is 0. The molecule has 0 saturated heterocycles. The van der Waals surface area contributed by atoms with Gasteiger partial charge in [0.05, 0.1) is 0 Å². The predicted molar refractivity (Wildman–Crippen MR) is 113 cm³/mol. The molecular formula is C26H21F3. The summed E-state index contributed by atoms with van der Waals surface area (Å²) in [6, 6.07) is 20.6. The third-order valence-electron chi connectivity index (χ3n) is 5.29. The molecule has 0 bridgehead atoms. The molecule has 4 aromatic rings. The molecule has 29 heavy (non-hydrogen) atoms. The molecular weight excluding hydrogens is 369 g/mol. The molecule has 0 aliphatic heterocycles. The van der Waals surface area contributed by atoms with Crippen molar-refractivity contribution in [2.24, 2.45) is 0 Å². The van der Waals surface area contributed by atoms with Gasteiger partial charge in [-0.05, 0) is 52.6 Å². The van der Waals surface area contributed by atoms with E-state index >= 15 is 4.39 Å². The molecule has 0 nitrogen and oxygen atoms in total. The molecule has 0 unspecified atom stereocenters. The van der Waals surface area contributed by atoms with Gasteiger partial charge >= 0.3 is 0 Å². The molecule has 0 atom stereocenters. The summed E-state index contributed by atoms with van der Waals surface area (Å²) >= 11 is 0. The summed E-state index contributed by atoms with van der Waals surface area (Å²) in [5.41, 5.74) is 3.81. The Labute approximate surface area is 168 Å². The van der Waals surface area contributed by atoms with Crippen molar-refractivity contribution < 1.29 is 13.2 Å². The van der Waals surface area contributed by atoms with Gasteiger partial charge < -0.3 is 0 Å². The Kier molecular flexibility index (Phi) is 5.39. The third kappa shape index (κ3) is 3.91. The normalized spacial score (nSPS) is 11.2. The van der Waals surface area contributed by atoms with Crippen molar-refractivity contribution in [3.05, 3.63) is 95.8 Å². The van der Waals surface area contributed by atoms with E-state index in [-0.39, 0.29) is 5.82 Å². The Hall–Kier alpha value is -3.07. The van der Waals surface area contributed by atoms with Crippen molar-refractivity contribution in [1.82, 2.24) is 0 Å². The molecule has 4 aromatic carbocycles. The van der Waals surface area contributed by atoms with E-state index in [0.29, 0.717) is 16.5 Å². The predicted octanol–water partition coefficient (Wildman–Crippen LogP) is 7.93. The number of aryl methyl sites for hydroxylation is 1. The number of unbranched alkanes of at least 4 members (excludes halogenated alkanes) is 1. The van der Waals surface area contributed by atoms with Gasteiger partial charge in [-0.25, -0.2) is 13.2 Å². The van der Waals surface area contributed by atoms with Crippen molar-refractivity contribution in [1.29, 1.82) is 0 Å². The SMILES string of the molecule is CCCCc1ccc2c(F)c(-c3ccc(-c4ccc(F)c(F)c4)cc3)ccc2c1. The summed E-state index contributed by atoms with van der Waals surface area (Å²) in [5, 5.41) is 1.51. The van der Waals surface area contributed by atoms with Crippen LogP contribution in [0, 0.1) is 17.5 Å². The van der Waals surface area contributed by atoms with Crippen LogP contribution in [0.2, 0.25) is 0 Å². The van der Waals surface area contributed by atoms with Crippen molar-refractivity contribution >= 4 is 10.8 Å². The van der Waals surface area contributed by atoms with Crippen LogP contribution < -0.4 is 0 Å². The van der Waals surface area contributed by atoms with Crippen LogP contribution in [0.4, 0.5) is 13.2 Å². The second-order valence-corrected chi connectivity index (χ2v) is 7.29. The van der Waals surface area contributed by atoms with Crippen LogP contribution >= 0.6 is 0 Å². The summed E-state index contributed by atoms with van der Waals surface area (Å²) < 4.78 is 41.8. The molecule has 0 fully saturated rings. The molecule has 0 N–H and O–H groups in total. The lowest BCUT2D eigenvalue weighted by Gasteiger charge is -2.10. The Morgan fingerprint density at radius 3 is 2.10 bits per heavy atom. The number of hydrogen-bond acceptors (Lipinski definition) is 0. The van der Waals surface area contributed by atoms with Gasteiger partial charge in [-0.1, -0.05) is 74.0 Å². The zero-order valence-electron chi connectivity index (χ0n) is 16.2. The topological polar surface area (TPSA) is 0 Å². The maximum Gasteiger partial charge on any atom is 0.159 e. The van der Waals surface area contributed by atoms with Crippen LogP contribution in [0.15, 0.2) is 72.8 Å². The molecule has 0 aliphatic rings. The molecule has 146 valence electrons. The highest BCUT2D eigenvalue weighted by atomic mass is 19.2. The number of rotatable bonds is 5. The monoisotopic (exact) mass is 390 g/mol. The minimum Gasteiger partial charge on any atom is -0.206 e. The highest BCUT2D eigenvalue weighted by Crippen LogP contribution is 2.31. The first-order valence-corrected chi connectivity index (χ1v) is 9.84. The maximum atomic E-state index is 15.2. The van der Waals surface area contributed by atoms with E-state index in [1.165, 1.54) is 11.6 Å². The number of benzene rings is 4. The van der Waals surface area contributed by atoms with Crippen LogP contribution in [0.25, 0.3) is 33.0 Å². The quantitative estimate of drug-likeness (QED) is 0.324. The lowest BCUT2D eigenvalue weighted by Crippen LogP contribution is -1.90. The summed E-state index contributed by atoms with van der Waals surface area (Å²) in [5.74, 6) is -2.00. The lowest BCUT2D eigenvalue weighted by atomic mass is 9.96. The third-order valence-corrected chi connectivity index (χ3v) is 5.29. The van der Waals surface area contributed by atoms with Crippen LogP contribution in [0.3, 0.4) is 0 Å². The second-order valence-electron chi connectivity index (χ2n) is 7.29. The van der Waals surface area contributed by atoms with Crippen molar-refractivity contribution in [2.75, 3.05) is 0 Å². The average Bonchev–Trinajstić information content (AvgIpc) is 2.74. The highest BCUT2D eigenvalue weighted by Gasteiger charge is 2.11. The van der Waals surface area contributed by atoms with E-state index in [4.69, 9.17) is 0 Å². The van der Waals surface area contributed by atoms with E-state index in [9.17, 15) is 8.78 Å². The van der Waals surface area contributed by atoms with Gasteiger partial charge in [0.1, 0.15) is 5.82 Å². The van der Waals surface area contributed by atoms with Gasteiger partial charge in [-0.2, -0.15) is 0 Å². The van der Waals surface area contributed by atoms with Crippen molar-refractivity contribution in [3.8, 4) is 22.3 Å². The standard InChI is InChI=1S/C26H21F3/c1-2-3-4-17-5-12-23-21(15-17)10-13-22(26(23)29)19-8-6-18(7-9-19)20-11-14-24(27)25(28)16-20/h5-16H,2-4H2,1H3. The molecule has 0 radical (unpaired) electrons. The van der Waals surface area contributed by atoms with Gasteiger partial charge in [-0.3, -0.25) is 0 Å². The molecule has 4 rings (SSSR count). The summed E-state index contributed by atoms with van der Waals surface area (Å²) in [7, 11) is 0. The van der Waals surface area contributed by atoms with Crippen molar-refractivity contribution in [2.45, 2.75) is 26.2 Å². The van der Waals surface area contributed by atoms with Gasteiger partial charge in [0, 0.05) is 10.9 Å². The first-order valence-electron chi connectivity index (χ1n) is 9.84.